The third-order valence-electron chi connectivity index (χ3n) is 2.05. The summed E-state index contributed by atoms with van der Waals surface area (Å²) in [6.45, 7) is 3.53. The van der Waals surface area contributed by atoms with E-state index in [2.05, 4.69) is 16.7 Å². The Hall–Kier alpha value is -0.870. The van der Waals surface area contributed by atoms with E-state index in [1.54, 1.807) is 11.3 Å². The molecule has 1 aromatic heterocycles. The van der Waals surface area contributed by atoms with Crippen LogP contribution in [0, 0.1) is 0 Å². The van der Waals surface area contributed by atoms with Gasteiger partial charge in [-0.25, -0.2) is 0 Å². The third-order valence-corrected chi connectivity index (χ3v) is 3.15. The van der Waals surface area contributed by atoms with Gasteiger partial charge in [0.2, 0.25) is 5.91 Å². The van der Waals surface area contributed by atoms with Crippen molar-refractivity contribution in [2.75, 3.05) is 11.9 Å². The Balaban J connectivity index is 2.20. The maximum Gasteiger partial charge on any atom is 0.221 e. The van der Waals surface area contributed by atoms with Gasteiger partial charge in [-0.15, -0.1) is 11.3 Å². The van der Waals surface area contributed by atoms with E-state index >= 15 is 0 Å². The fraction of sp³-hybridized carbons (Fsp3) is 0.444. The maximum absolute atomic E-state index is 10.8. The van der Waals surface area contributed by atoms with Gasteiger partial charge in [-0.3, -0.25) is 4.79 Å². The summed E-state index contributed by atoms with van der Waals surface area (Å²) in [7, 11) is 0. The number of hydrogen-bond acceptors (Lipinski definition) is 3. The van der Waals surface area contributed by atoms with E-state index < -0.39 is 0 Å². The van der Waals surface area contributed by atoms with Crippen LogP contribution in [0.3, 0.4) is 0 Å². The Labute approximate surface area is 81.2 Å². The molecule has 0 fully saturated rings. The van der Waals surface area contributed by atoms with Crippen LogP contribution in [0.4, 0.5) is 5.00 Å². The zero-order chi connectivity index (χ0) is 9.26. The van der Waals surface area contributed by atoms with Crippen LogP contribution in [0.5, 0.6) is 0 Å². The summed E-state index contributed by atoms with van der Waals surface area (Å²) in [5.41, 5.74) is 1.38. The van der Waals surface area contributed by atoms with Gasteiger partial charge in [0.05, 0.1) is 5.00 Å². The Bertz CT molecular complexity index is 309. The molecule has 0 saturated heterocycles. The Morgan fingerprint density at radius 1 is 1.69 bits per heavy atom. The molecule has 2 heterocycles. The smallest absolute Gasteiger partial charge is 0.221 e. The van der Waals surface area contributed by atoms with Gasteiger partial charge in [-0.05, 0) is 24.6 Å². The average Bonchev–Trinajstić information content (AvgIpc) is 2.44. The zero-order valence-electron chi connectivity index (χ0n) is 7.52. The van der Waals surface area contributed by atoms with Crippen LogP contribution >= 0.6 is 11.3 Å². The fourth-order valence-electron chi connectivity index (χ4n) is 1.49. The summed E-state index contributed by atoms with van der Waals surface area (Å²) in [4.78, 5) is 12.2. The van der Waals surface area contributed by atoms with E-state index in [4.69, 9.17) is 0 Å². The first-order chi connectivity index (χ1) is 6.25. The van der Waals surface area contributed by atoms with Gasteiger partial charge in [-0.2, -0.15) is 0 Å². The van der Waals surface area contributed by atoms with Gasteiger partial charge in [0.25, 0.3) is 0 Å². The molecule has 0 spiro atoms. The van der Waals surface area contributed by atoms with E-state index in [0.29, 0.717) is 0 Å². The minimum absolute atomic E-state index is 0.00607. The molecule has 1 aliphatic heterocycles. The van der Waals surface area contributed by atoms with E-state index in [-0.39, 0.29) is 5.91 Å². The van der Waals surface area contributed by atoms with E-state index in [9.17, 15) is 4.79 Å². The lowest BCUT2D eigenvalue weighted by Gasteiger charge is -2.10. The summed E-state index contributed by atoms with van der Waals surface area (Å²) < 4.78 is 0. The first kappa shape index (κ1) is 8.72. The van der Waals surface area contributed by atoms with Gasteiger partial charge in [-0.1, -0.05) is 0 Å². The van der Waals surface area contributed by atoms with E-state index in [0.717, 1.165) is 24.5 Å². The van der Waals surface area contributed by atoms with Crippen molar-refractivity contribution in [1.82, 2.24) is 5.32 Å². The summed E-state index contributed by atoms with van der Waals surface area (Å²) in [5.74, 6) is 0.00607. The molecule has 3 nitrogen and oxygen atoms in total. The molecule has 1 amide bonds. The second-order valence-corrected chi connectivity index (χ2v) is 4.30. The molecule has 0 radical (unpaired) electrons. The number of thiophene rings is 1. The molecule has 4 heteroatoms. The number of carbonyl (C=O) groups is 1. The molecule has 2 N–H and O–H groups in total. The van der Waals surface area contributed by atoms with Crippen LogP contribution in [-0.4, -0.2) is 12.5 Å². The van der Waals surface area contributed by atoms with Crippen molar-refractivity contribution in [3.05, 3.63) is 16.5 Å². The quantitative estimate of drug-likeness (QED) is 0.712. The lowest BCUT2D eigenvalue weighted by molar-refractivity contribution is -0.114. The number of rotatable bonds is 1. The van der Waals surface area contributed by atoms with Crippen molar-refractivity contribution in [2.45, 2.75) is 19.9 Å². The summed E-state index contributed by atoms with van der Waals surface area (Å²) in [6, 6.07) is 2.09. The third kappa shape index (κ3) is 1.89. The topological polar surface area (TPSA) is 41.1 Å². The SMILES string of the molecule is CC(=O)Nc1cc2c(s1)CNCC2. The molecule has 0 bridgehead atoms. The molecule has 0 atom stereocenters. The summed E-state index contributed by atoms with van der Waals surface area (Å²) >= 11 is 1.67. The minimum atomic E-state index is 0.00607. The van der Waals surface area contributed by atoms with Crippen LogP contribution in [0.2, 0.25) is 0 Å². The van der Waals surface area contributed by atoms with Crippen LogP contribution in [-0.2, 0) is 17.8 Å². The average molecular weight is 196 g/mol. The van der Waals surface area contributed by atoms with Crippen molar-refractivity contribution in [1.29, 1.82) is 0 Å². The number of nitrogens with one attached hydrogen (secondary N) is 2. The molecule has 0 saturated carbocycles. The van der Waals surface area contributed by atoms with Crippen LogP contribution in [0.15, 0.2) is 6.07 Å². The van der Waals surface area contributed by atoms with Crippen molar-refractivity contribution in [3.8, 4) is 0 Å². The highest BCUT2D eigenvalue weighted by molar-refractivity contribution is 7.16. The lowest BCUT2D eigenvalue weighted by Crippen LogP contribution is -2.21. The standard InChI is InChI=1S/C9H12N2OS/c1-6(12)11-9-4-7-2-3-10-5-8(7)13-9/h4,10H,2-3,5H2,1H3,(H,11,12). The lowest BCUT2D eigenvalue weighted by atomic mass is 10.1. The second kappa shape index (κ2) is 3.47. The molecule has 0 aromatic carbocycles. The predicted molar refractivity (Wildman–Crippen MR) is 54.0 cm³/mol. The predicted octanol–water partition coefficient (Wildman–Crippen LogP) is 1.35. The molecule has 0 unspecified atom stereocenters. The molecule has 1 aromatic rings. The first-order valence-electron chi connectivity index (χ1n) is 4.35. The number of carbonyl (C=O) groups excluding carboxylic acids is 1. The first-order valence-corrected chi connectivity index (χ1v) is 5.17. The van der Waals surface area contributed by atoms with Crippen LogP contribution in [0.25, 0.3) is 0 Å². The number of amides is 1. The molecular weight excluding hydrogens is 184 g/mol. The molecular formula is C9H12N2OS. The number of anilines is 1. The van der Waals surface area contributed by atoms with Crippen molar-refractivity contribution < 1.29 is 4.79 Å². The molecule has 0 aliphatic carbocycles. The highest BCUT2D eigenvalue weighted by atomic mass is 32.1. The van der Waals surface area contributed by atoms with Gasteiger partial charge in [0, 0.05) is 18.3 Å². The molecule has 1 aliphatic rings. The van der Waals surface area contributed by atoms with Crippen molar-refractivity contribution in [2.24, 2.45) is 0 Å². The van der Waals surface area contributed by atoms with E-state index in [1.807, 2.05) is 0 Å². The Morgan fingerprint density at radius 3 is 3.23 bits per heavy atom. The second-order valence-electron chi connectivity index (χ2n) is 3.17. The largest absolute Gasteiger partial charge is 0.318 e. The number of hydrogen-bond donors (Lipinski definition) is 2. The molecule has 13 heavy (non-hydrogen) atoms. The maximum atomic E-state index is 10.8. The van der Waals surface area contributed by atoms with Crippen molar-refractivity contribution >= 4 is 22.2 Å². The normalized spacial score (nSPS) is 15.2. The minimum Gasteiger partial charge on any atom is -0.318 e. The summed E-state index contributed by atoms with van der Waals surface area (Å²) in [5, 5.41) is 7.09. The number of fused-ring (bicyclic) bond motifs is 1. The molecule has 70 valence electrons. The van der Waals surface area contributed by atoms with Gasteiger partial charge in [0.15, 0.2) is 0 Å². The summed E-state index contributed by atoms with van der Waals surface area (Å²) in [6.07, 6.45) is 1.07. The van der Waals surface area contributed by atoms with E-state index in [1.165, 1.54) is 17.4 Å². The molecule has 2 rings (SSSR count). The van der Waals surface area contributed by atoms with Gasteiger partial charge < -0.3 is 10.6 Å². The Morgan fingerprint density at radius 2 is 2.54 bits per heavy atom. The monoisotopic (exact) mass is 196 g/mol. The fourth-order valence-corrected chi connectivity index (χ4v) is 2.62. The Kier molecular flexibility index (Phi) is 2.33. The van der Waals surface area contributed by atoms with Crippen LogP contribution < -0.4 is 10.6 Å². The zero-order valence-corrected chi connectivity index (χ0v) is 8.33. The van der Waals surface area contributed by atoms with Crippen LogP contribution in [0.1, 0.15) is 17.4 Å². The van der Waals surface area contributed by atoms with Gasteiger partial charge >= 0.3 is 0 Å². The van der Waals surface area contributed by atoms with Gasteiger partial charge in [0.1, 0.15) is 0 Å². The highest BCUT2D eigenvalue weighted by Crippen LogP contribution is 2.28. The highest BCUT2D eigenvalue weighted by Gasteiger charge is 2.12. The van der Waals surface area contributed by atoms with Crippen molar-refractivity contribution in [3.63, 3.8) is 0 Å².